The van der Waals surface area contributed by atoms with Gasteiger partial charge in [-0.2, -0.15) is 0 Å². The molecule has 0 spiro atoms. The van der Waals surface area contributed by atoms with Crippen LogP contribution in [0.4, 0.5) is 4.39 Å². The Hall–Kier alpha value is -2.36. The zero-order valence-electron chi connectivity index (χ0n) is 12.4. The van der Waals surface area contributed by atoms with Gasteiger partial charge in [-0.3, -0.25) is 0 Å². The second-order valence-corrected chi connectivity index (χ2v) is 5.04. The molecule has 0 unspecified atom stereocenters. The normalized spacial score (nSPS) is 11.5. The van der Waals surface area contributed by atoms with Crippen LogP contribution in [0.25, 0.3) is 0 Å². The summed E-state index contributed by atoms with van der Waals surface area (Å²) in [6.07, 6.45) is 0. The molecule has 0 aromatic heterocycles. The average molecular weight is 287 g/mol. The summed E-state index contributed by atoms with van der Waals surface area (Å²) in [6.45, 7) is 5.83. The Morgan fingerprint density at radius 2 is 1.95 bits per heavy atom. The maximum atomic E-state index is 13.3. The van der Waals surface area contributed by atoms with Gasteiger partial charge in [-0.15, -0.1) is 0 Å². The van der Waals surface area contributed by atoms with E-state index in [1.807, 2.05) is 32.0 Å². The molecule has 0 amide bonds. The van der Waals surface area contributed by atoms with Gasteiger partial charge in [0.25, 0.3) is 0 Å². The molecule has 0 heterocycles. The Kier molecular flexibility index (Phi) is 4.58. The topological polar surface area (TPSA) is 41.8 Å². The van der Waals surface area contributed by atoms with Crippen LogP contribution in [0, 0.1) is 19.7 Å². The lowest BCUT2D eigenvalue weighted by atomic mass is 10.1. The molecule has 1 N–H and O–H groups in total. The summed E-state index contributed by atoms with van der Waals surface area (Å²) in [4.78, 5) is 0. The van der Waals surface area contributed by atoms with E-state index in [0.29, 0.717) is 11.5 Å². The molecule has 4 heteroatoms. The first-order valence-electron chi connectivity index (χ1n) is 6.69. The third-order valence-electron chi connectivity index (χ3n) is 3.37. The van der Waals surface area contributed by atoms with E-state index < -0.39 is 0 Å². The fourth-order valence-corrected chi connectivity index (χ4v) is 2.06. The van der Waals surface area contributed by atoms with Crippen molar-refractivity contribution in [2.24, 2.45) is 5.16 Å². The van der Waals surface area contributed by atoms with E-state index in [1.165, 1.54) is 12.1 Å². The van der Waals surface area contributed by atoms with E-state index in [-0.39, 0.29) is 12.4 Å². The molecular formula is C17H18FNO2. The third kappa shape index (κ3) is 3.60. The molecule has 0 aliphatic heterocycles. The van der Waals surface area contributed by atoms with E-state index >= 15 is 0 Å². The van der Waals surface area contributed by atoms with Crippen molar-refractivity contribution in [2.45, 2.75) is 27.4 Å². The van der Waals surface area contributed by atoms with E-state index in [0.717, 1.165) is 22.3 Å². The van der Waals surface area contributed by atoms with Crippen LogP contribution in [0.3, 0.4) is 0 Å². The zero-order chi connectivity index (χ0) is 15.4. The Labute approximate surface area is 123 Å². The second kappa shape index (κ2) is 6.39. The smallest absolute Gasteiger partial charge is 0.128 e. The first-order chi connectivity index (χ1) is 10.0. The number of aryl methyl sites for hydroxylation is 2. The summed E-state index contributed by atoms with van der Waals surface area (Å²) in [5, 5.41) is 12.2. The minimum atomic E-state index is -0.281. The van der Waals surface area contributed by atoms with Gasteiger partial charge in [0.05, 0.1) is 5.71 Å². The van der Waals surface area contributed by atoms with Crippen molar-refractivity contribution in [3.05, 3.63) is 64.5 Å². The van der Waals surface area contributed by atoms with Crippen LogP contribution in [0.2, 0.25) is 0 Å². The fraction of sp³-hybridized carbons (Fsp3) is 0.235. The Bertz CT molecular complexity index is 680. The molecule has 0 aliphatic carbocycles. The number of oxime groups is 1. The Morgan fingerprint density at radius 1 is 1.19 bits per heavy atom. The molecule has 21 heavy (non-hydrogen) atoms. The molecule has 0 fully saturated rings. The van der Waals surface area contributed by atoms with Gasteiger partial charge in [0.15, 0.2) is 0 Å². The van der Waals surface area contributed by atoms with Crippen LogP contribution in [0.5, 0.6) is 5.75 Å². The van der Waals surface area contributed by atoms with Crippen molar-refractivity contribution in [2.75, 3.05) is 0 Å². The minimum absolute atomic E-state index is 0.262. The van der Waals surface area contributed by atoms with E-state index in [4.69, 9.17) is 9.94 Å². The lowest BCUT2D eigenvalue weighted by Gasteiger charge is -2.13. The van der Waals surface area contributed by atoms with Crippen LogP contribution < -0.4 is 4.74 Å². The number of halogens is 1. The standard InChI is InChI=1S/C17H18FNO2/c1-11-4-7-17(16(8-11)13(3)19-20)21-10-14-9-15(18)6-5-12(14)2/h4-9,20H,10H2,1-3H3/b19-13-. The van der Waals surface area contributed by atoms with Crippen LogP contribution in [0.15, 0.2) is 41.6 Å². The summed E-state index contributed by atoms with van der Waals surface area (Å²) < 4.78 is 19.1. The van der Waals surface area contributed by atoms with Crippen molar-refractivity contribution in [3.8, 4) is 5.75 Å². The van der Waals surface area contributed by atoms with Gasteiger partial charge >= 0.3 is 0 Å². The molecule has 0 saturated heterocycles. The van der Waals surface area contributed by atoms with Gasteiger partial charge in [-0.25, -0.2) is 4.39 Å². The molecule has 0 bridgehead atoms. The number of hydrogen-bond donors (Lipinski definition) is 1. The van der Waals surface area contributed by atoms with Gasteiger partial charge in [-0.05, 0) is 56.2 Å². The highest BCUT2D eigenvalue weighted by Crippen LogP contribution is 2.23. The van der Waals surface area contributed by atoms with Crippen LogP contribution in [-0.2, 0) is 6.61 Å². The summed E-state index contributed by atoms with van der Waals surface area (Å²) in [5.74, 6) is 0.330. The van der Waals surface area contributed by atoms with Crippen LogP contribution in [0.1, 0.15) is 29.2 Å². The number of hydrogen-bond acceptors (Lipinski definition) is 3. The second-order valence-electron chi connectivity index (χ2n) is 5.04. The van der Waals surface area contributed by atoms with Crippen LogP contribution in [-0.4, -0.2) is 10.9 Å². The van der Waals surface area contributed by atoms with Gasteiger partial charge < -0.3 is 9.94 Å². The van der Waals surface area contributed by atoms with Gasteiger partial charge in [-0.1, -0.05) is 22.9 Å². The Balaban J connectivity index is 2.26. The molecule has 110 valence electrons. The number of nitrogens with zero attached hydrogens (tertiary/aromatic N) is 1. The summed E-state index contributed by atoms with van der Waals surface area (Å²) in [5.41, 5.74) is 4.01. The largest absolute Gasteiger partial charge is 0.488 e. The quantitative estimate of drug-likeness (QED) is 0.519. The molecule has 0 aliphatic rings. The summed E-state index contributed by atoms with van der Waals surface area (Å²) in [6, 6.07) is 10.3. The maximum Gasteiger partial charge on any atom is 0.128 e. The molecule has 0 radical (unpaired) electrons. The highest BCUT2D eigenvalue weighted by Gasteiger charge is 2.09. The number of benzene rings is 2. The predicted octanol–water partition coefficient (Wildman–Crippen LogP) is 4.22. The van der Waals surface area contributed by atoms with E-state index in [2.05, 4.69) is 5.16 Å². The van der Waals surface area contributed by atoms with Crippen molar-refractivity contribution >= 4 is 5.71 Å². The first-order valence-corrected chi connectivity index (χ1v) is 6.69. The fourth-order valence-electron chi connectivity index (χ4n) is 2.06. The highest BCUT2D eigenvalue weighted by molar-refractivity contribution is 6.00. The van der Waals surface area contributed by atoms with Crippen molar-refractivity contribution in [1.82, 2.24) is 0 Å². The SMILES string of the molecule is C/C(=N/O)c1cc(C)ccc1OCc1cc(F)ccc1C. The molecule has 2 aromatic rings. The molecule has 0 saturated carbocycles. The lowest BCUT2D eigenvalue weighted by molar-refractivity contribution is 0.302. The molecule has 3 nitrogen and oxygen atoms in total. The molecular weight excluding hydrogens is 269 g/mol. The Morgan fingerprint density at radius 3 is 2.67 bits per heavy atom. The summed E-state index contributed by atoms with van der Waals surface area (Å²) in [7, 11) is 0. The van der Waals surface area contributed by atoms with E-state index in [9.17, 15) is 4.39 Å². The first kappa shape index (κ1) is 15.0. The van der Waals surface area contributed by atoms with Crippen molar-refractivity contribution in [1.29, 1.82) is 0 Å². The molecule has 0 atom stereocenters. The molecule has 2 aromatic carbocycles. The van der Waals surface area contributed by atoms with Gasteiger partial charge in [0.1, 0.15) is 18.2 Å². The third-order valence-corrected chi connectivity index (χ3v) is 3.37. The number of ether oxygens (including phenoxy) is 1. The van der Waals surface area contributed by atoms with Gasteiger partial charge in [0.2, 0.25) is 0 Å². The van der Waals surface area contributed by atoms with Crippen molar-refractivity contribution < 1.29 is 14.3 Å². The van der Waals surface area contributed by atoms with Crippen LogP contribution >= 0.6 is 0 Å². The highest BCUT2D eigenvalue weighted by atomic mass is 19.1. The molecule has 2 rings (SSSR count). The lowest BCUT2D eigenvalue weighted by Crippen LogP contribution is -2.04. The summed E-state index contributed by atoms with van der Waals surface area (Å²) >= 11 is 0. The maximum absolute atomic E-state index is 13.3. The number of rotatable bonds is 4. The monoisotopic (exact) mass is 287 g/mol. The van der Waals surface area contributed by atoms with Gasteiger partial charge in [0, 0.05) is 5.56 Å². The van der Waals surface area contributed by atoms with E-state index in [1.54, 1.807) is 13.0 Å². The minimum Gasteiger partial charge on any atom is -0.488 e. The average Bonchev–Trinajstić information content (AvgIpc) is 2.48. The zero-order valence-corrected chi connectivity index (χ0v) is 12.4. The van der Waals surface area contributed by atoms with Crippen molar-refractivity contribution in [3.63, 3.8) is 0 Å². The predicted molar refractivity (Wildman–Crippen MR) is 80.6 cm³/mol.